The first kappa shape index (κ1) is 13.4. The highest BCUT2D eigenvalue weighted by Crippen LogP contribution is 2.20. The van der Waals surface area contributed by atoms with Gasteiger partial charge < -0.3 is 10.0 Å². The number of aromatic carboxylic acids is 1. The third kappa shape index (κ3) is 2.93. The Kier molecular flexibility index (Phi) is 4.43. The zero-order valence-corrected chi connectivity index (χ0v) is 10.8. The molecule has 0 amide bonds. The molecule has 0 unspecified atom stereocenters. The molecule has 17 heavy (non-hydrogen) atoms. The van der Waals surface area contributed by atoms with Crippen molar-refractivity contribution in [2.24, 2.45) is 0 Å². The first-order valence-corrected chi connectivity index (χ1v) is 5.86. The van der Waals surface area contributed by atoms with Crippen LogP contribution in [0.4, 0.5) is 5.69 Å². The van der Waals surface area contributed by atoms with Crippen molar-refractivity contribution >= 4 is 11.7 Å². The lowest BCUT2D eigenvalue weighted by Gasteiger charge is -2.22. The molecule has 0 aliphatic carbocycles. The molecule has 0 saturated carbocycles. The van der Waals surface area contributed by atoms with E-state index in [9.17, 15) is 9.90 Å². The van der Waals surface area contributed by atoms with Gasteiger partial charge in [0, 0.05) is 19.0 Å². The van der Waals surface area contributed by atoms with Gasteiger partial charge in [0.2, 0.25) is 0 Å². The molecular formula is C12H19N3O2. The van der Waals surface area contributed by atoms with E-state index in [2.05, 4.69) is 9.97 Å². The maximum Gasteiger partial charge on any atom is 0.356 e. The summed E-state index contributed by atoms with van der Waals surface area (Å²) in [5.41, 5.74) is 0.680. The van der Waals surface area contributed by atoms with Crippen LogP contribution in [0.5, 0.6) is 0 Å². The summed E-state index contributed by atoms with van der Waals surface area (Å²) in [5.74, 6) is -0.312. The van der Waals surface area contributed by atoms with E-state index in [0.717, 1.165) is 13.1 Å². The molecule has 94 valence electrons. The van der Waals surface area contributed by atoms with Crippen LogP contribution in [0.25, 0.3) is 0 Å². The van der Waals surface area contributed by atoms with Crippen molar-refractivity contribution in [2.75, 3.05) is 18.0 Å². The second-order valence-electron chi connectivity index (χ2n) is 4.09. The van der Waals surface area contributed by atoms with Crippen molar-refractivity contribution < 1.29 is 9.90 Å². The van der Waals surface area contributed by atoms with Crippen molar-refractivity contribution in [1.29, 1.82) is 0 Å². The van der Waals surface area contributed by atoms with Crippen LogP contribution in [0.1, 0.15) is 49.9 Å². The Labute approximate surface area is 102 Å². The Morgan fingerprint density at radius 3 is 2.41 bits per heavy atom. The second kappa shape index (κ2) is 5.61. The fourth-order valence-electron chi connectivity index (χ4n) is 1.62. The Balaban J connectivity index is 3.26. The van der Waals surface area contributed by atoms with Crippen LogP contribution >= 0.6 is 0 Å². The van der Waals surface area contributed by atoms with Crippen molar-refractivity contribution in [1.82, 2.24) is 9.97 Å². The minimum absolute atomic E-state index is 0.0902. The fourth-order valence-corrected chi connectivity index (χ4v) is 1.62. The molecule has 0 atom stereocenters. The molecule has 1 N–H and O–H groups in total. The van der Waals surface area contributed by atoms with Gasteiger partial charge in [-0.3, -0.25) is 0 Å². The molecule has 1 heterocycles. The summed E-state index contributed by atoms with van der Waals surface area (Å²) >= 11 is 0. The molecule has 1 rings (SSSR count). The molecule has 0 aliphatic heterocycles. The lowest BCUT2D eigenvalue weighted by atomic mass is 10.2. The standard InChI is InChI=1S/C12H19N3O2/c1-5-15(6-2)9-7-13-11(8(3)4)14-10(9)12(16)17/h7-8H,5-6H2,1-4H3,(H,16,17). The number of anilines is 1. The number of nitrogens with zero attached hydrogens (tertiary/aromatic N) is 3. The van der Waals surface area contributed by atoms with E-state index >= 15 is 0 Å². The average molecular weight is 237 g/mol. The molecule has 0 aliphatic rings. The number of carbonyl (C=O) groups is 1. The van der Waals surface area contributed by atoms with Crippen molar-refractivity contribution in [2.45, 2.75) is 33.6 Å². The van der Waals surface area contributed by atoms with Gasteiger partial charge in [-0.25, -0.2) is 14.8 Å². The Bertz CT molecular complexity index is 401. The van der Waals surface area contributed by atoms with Gasteiger partial charge in [0.15, 0.2) is 5.69 Å². The molecule has 1 aromatic rings. The first-order valence-electron chi connectivity index (χ1n) is 5.86. The lowest BCUT2D eigenvalue weighted by molar-refractivity contribution is 0.0690. The van der Waals surface area contributed by atoms with E-state index in [1.807, 2.05) is 32.6 Å². The van der Waals surface area contributed by atoms with Crippen LogP contribution in [-0.4, -0.2) is 34.1 Å². The SMILES string of the molecule is CCN(CC)c1cnc(C(C)C)nc1C(=O)O. The van der Waals surface area contributed by atoms with Gasteiger partial charge in [-0.15, -0.1) is 0 Å². The number of aromatic nitrogens is 2. The predicted molar refractivity (Wildman–Crippen MR) is 66.6 cm³/mol. The molecule has 0 aromatic carbocycles. The molecule has 0 spiro atoms. The van der Waals surface area contributed by atoms with Gasteiger partial charge in [-0.2, -0.15) is 0 Å². The van der Waals surface area contributed by atoms with Crippen molar-refractivity contribution in [3.63, 3.8) is 0 Å². The van der Waals surface area contributed by atoms with Gasteiger partial charge in [0.1, 0.15) is 5.82 Å². The number of rotatable bonds is 5. The van der Waals surface area contributed by atoms with Crippen LogP contribution < -0.4 is 4.90 Å². The highest BCUT2D eigenvalue weighted by atomic mass is 16.4. The lowest BCUT2D eigenvalue weighted by Crippen LogP contribution is -2.25. The Hall–Kier alpha value is -1.65. The van der Waals surface area contributed by atoms with Crippen molar-refractivity contribution in [3.8, 4) is 0 Å². The molecule has 0 bridgehead atoms. The average Bonchev–Trinajstić information content (AvgIpc) is 2.30. The van der Waals surface area contributed by atoms with Crippen LogP contribution in [0.3, 0.4) is 0 Å². The van der Waals surface area contributed by atoms with Crippen LogP contribution in [0.15, 0.2) is 6.20 Å². The maximum atomic E-state index is 11.2. The topological polar surface area (TPSA) is 66.3 Å². The van der Waals surface area contributed by atoms with E-state index in [1.165, 1.54) is 0 Å². The largest absolute Gasteiger partial charge is 0.476 e. The number of hydrogen-bond acceptors (Lipinski definition) is 4. The van der Waals surface area contributed by atoms with E-state index in [4.69, 9.17) is 0 Å². The zero-order valence-electron chi connectivity index (χ0n) is 10.8. The molecule has 0 radical (unpaired) electrons. The minimum Gasteiger partial charge on any atom is -0.476 e. The highest BCUT2D eigenvalue weighted by molar-refractivity contribution is 5.92. The summed E-state index contributed by atoms with van der Waals surface area (Å²) in [6.07, 6.45) is 1.61. The smallest absolute Gasteiger partial charge is 0.356 e. The van der Waals surface area contributed by atoms with Gasteiger partial charge in [-0.05, 0) is 13.8 Å². The van der Waals surface area contributed by atoms with Crippen LogP contribution in [-0.2, 0) is 0 Å². The fraction of sp³-hybridized carbons (Fsp3) is 0.583. The van der Waals surface area contributed by atoms with Crippen LogP contribution in [0.2, 0.25) is 0 Å². The molecular weight excluding hydrogens is 218 g/mol. The summed E-state index contributed by atoms with van der Waals surface area (Å²) in [6.45, 7) is 9.31. The number of hydrogen-bond donors (Lipinski definition) is 1. The number of carboxylic acid groups (broad SMARTS) is 1. The highest BCUT2D eigenvalue weighted by Gasteiger charge is 2.18. The van der Waals surface area contributed by atoms with E-state index < -0.39 is 5.97 Å². The van der Waals surface area contributed by atoms with Gasteiger partial charge in [-0.1, -0.05) is 13.8 Å². The summed E-state index contributed by atoms with van der Waals surface area (Å²) in [7, 11) is 0. The normalized spacial score (nSPS) is 10.6. The first-order chi connectivity index (χ1) is 8.01. The zero-order chi connectivity index (χ0) is 13.0. The summed E-state index contributed by atoms with van der Waals surface area (Å²) < 4.78 is 0. The quantitative estimate of drug-likeness (QED) is 0.849. The Morgan fingerprint density at radius 2 is 2.00 bits per heavy atom. The monoisotopic (exact) mass is 237 g/mol. The number of carboxylic acids is 1. The van der Waals surface area contributed by atoms with Crippen molar-refractivity contribution in [3.05, 3.63) is 17.7 Å². The summed E-state index contributed by atoms with van der Waals surface area (Å²) in [6, 6.07) is 0. The minimum atomic E-state index is -1.00. The molecule has 5 nitrogen and oxygen atoms in total. The maximum absolute atomic E-state index is 11.2. The third-order valence-corrected chi connectivity index (χ3v) is 2.61. The Morgan fingerprint density at radius 1 is 1.41 bits per heavy atom. The molecule has 1 aromatic heterocycles. The summed E-state index contributed by atoms with van der Waals surface area (Å²) in [5, 5.41) is 9.19. The van der Waals surface area contributed by atoms with E-state index in [-0.39, 0.29) is 11.6 Å². The van der Waals surface area contributed by atoms with E-state index in [0.29, 0.717) is 11.5 Å². The second-order valence-corrected chi connectivity index (χ2v) is 4.09. The summed E-state index contributed by atoms with van der Waals surface area (Å²) in [4.78, 5) is 21.5. The van der Waals surface area contributed by atoms with Gasteiger partial charge in [0.05, 0.1) is 11.9 Å². The van der Waals surface area contributed by atoms with Gasteiger partial charge in [0.25, 0.3) is 0 Å². The van der Waals surface area contributed by atoms with Gasteiger partial charge >= 0.3 is 5.97 Å². The van der Waals surface area contributed by atoms with E-state index in [1.54, 1.807) is 6.20 Å². The predicted octanol–water partition coefficient (Wildman–Crippen LogP) is 2.14. The third-order valence-electron chi connectivity index (χ3n) is 2.61. The molecule has 0 saturated heterocycles. The molecule has 0 fully saturated rings. The van der Waals surface area contributed by atoms with Crippen LogP contribution in [0, 0.1) is 0 Å². The molecule has 5 heteroatoms.